The molecule has 42 heavy (non-hydrogen) atoms. The number of pyridine rings is 1. The van der Waals surface area contributed by atoms with Gasteiger partial charge < -0.3 is 15.8 Å². The van der Waals surface area contributed by atoms with Crippen molar-refractivity contribution in [3.05, 3.63) is 75.8 Å². The molecule has 0 radical (unpaired) electrons. The molecule has 0 spiro atoms. The zero-order chi connectivity index (χ0) is 30.3. The number of hydrogen-bond acceptors (Lipinski definition) is 7. The van der Waals surface area contributed by atoms with Gasteiger partial charge in [-0.25, -0.2) is 9.67 Å². The van der Waals surface area contributed by atoms with Crippen molar-refractivity contribution in [1.82, 2.24) is 24.5 Å². The van der Waals surface area contributed by atoms with Crippen LogP contribution in [0.4, 0.5) is 18.9 Å². The molecule has 10 nitrogen and oxygen atoms in total. The Morgan fingerprint density at radius 1 is 1.05 bits per heavy atom. The summed E-state index contributed by atoms with van der Waals surface area (Å²) in [7, 11) is 0. The number of carbonyl (C=O) groups excluding carboxylic acids is 2. The van der Waals surface area contributed by atoms with E-state index in [1.165, 1.54) is 10.7 Å². The van der Waals surface area contributed by atoms with Gasteiger partial charge in [0.15, 0.2) is 12.4 Å². The average molecular weight is 598 g/mol. The van der Waals surface area contributed by atoms with Crippen LogP contribution in [0.5, 0.6) is 5.75 Å². The number of alkyl halides is 3. The largest absolute Gasteiger partial charge is 0.471 e. The van der Waals surface area contributed by atoms with Gasteiger partial charge in [0.1, 0.15) is 21.2 Å². The van der Waals surface area contributed by atoms with Crippen molar-refractivity contribution in [2.24, 2.45) is 5.73 Å². The Labute approximate surface area is 241 Å². The molecular weight excluding hydrogens is 571 g/mol. The normalized spacial score (nSPS) is 11.7. The quantitative estimate of drug-likeness (QED) is 0.236. The first-order valence-electron chi connectivity index (χ1n) is 12.8. The van der Waals surface area contributed by atoms with E-state index < -0.39 is 23.7 Å². The van der Waals surface area contributed by atoms with Gasteiger partial charge in [0.25, 0.3) is 11.8 Å². The van der Waals surface area contributed by atoms with E-state index in [0.717, 1.165) is 17.2 Å². The maximum absolute atomic E-state index is 13.8. The molecule has 0 fully saturated rings. The zero-order valence-corrected chi connectivity index (χ0v) is 23.9. The lowest BCUT2D eigenvalue weighted by Gasteiger charge is -2.11. The van der Waals surface area contributed by atoms with Crippen LogP contribution >= 0.6 is 11.3 Å². The Bertz CT molecular complexity index is 1820. The molecule has 5 aromatic rings. The number of nitrogens with one attached hydrogen (secondary N) is 1. The van der Waals surface area contributed by atoms with Crippen molar-refractivity contribution in [3.63, 3.8) is 0 Å². The molecule has 0 aliphatic heterocycles. The van der Waals surface area contributed by atoms with Gasteiger partial charge in [0.05, 0.1) is 11.4 Å². The Morgan fingerprint density at radius 2 is 1.76 bits per heavy atom. The van der Waals surface area contributed by atoms with Crippen molar-refractivity contribution in [3.8, 4) is 16.9 Å². The number of nitrogens with two attached hydrogens (primary N) is 1. The number of aromatic nitrogens is 5. The van der Waals surface area contributed by atoms with Gasteiger partial charge >= 0.3 is 6.18 Å². The Balaban J connectivity index is 1.53. The van der Waals surface area contributed by atoms with Crippen LogP contribution in [-0.2, 0) is 19.5 Å². The number of thiophene rings is 1. The van der Waals surface area contributed by atoms with Gasteiger partial charge in [-0.3, -0.25) is 14.3 Å². The van der Waals surface area contributed by atoms with E-state index in [9.17, 15) is 22.8 Å². The highest BCUT2D eigenvalue weighted by Gasteiger charge is 2.35. The monoisotopic (exact) mass is 597 g/mol. The van der Waals surface area contributed by atoms with Crippen LogP contribution in [0.25, 0.3) is 21.3 Å². The smallest absolute Gasteiger partial charge is 0.433 e. The summed E-state index contributed by atoms with van der Waals surface area (Å²) in [5, 5.41) is 11.4. The van der Waals surface area contributed by atoms with E-state index in [-0.39, 0.29) is 38.8 Å². The number of primary amides is 1. The van der Waals surface area contributed by atoms with Crippen LogP contribution in [0, 0.1) is 20.8 Å². The van der Waals surface area contributed by atoms with E-state index in [2.05, 4.69) is 20.5 Å². The molecule has 14 heteroatoms. The Hall–Kier alpha value is -4.72. The van der Waals surface area contributed by atoms with Crippen molar-refractivity contribution in [2.75, 3.05) is 5.32 Å². The Kier molecular flexibility index (Phi) is 7.49. The molecule has 0 saturated heterocycles. The predicted octanol–water partition coefficient (Wildman–Crippen LogP) is 5.71. The molecule has 0 saturated carbocycles. The predicted molar refractivity (Wildman–Crippen MR) is 151 cm³/mol. The molecule has 4 aromatic heterocycles. The molecular formula is C28H26F3N7O3S. The molecule has 0 unspecified atom stereocenters. The number of ether oxygens (including phenoxy) is 1. The molecule has 2 amide bonds. The first-order chi connectivity index (χ1) is 19.8. The van der Waals surface area contributed by atoms with Gasteiger partial charge in [-0.05, 0) is 68.7 Å². The minimum absolute atomic E-state index is 0.00908. The topological polar surface area (TPSA) is 130 Å². The lowest BCUT2D eigenvalue weighted by atomic mass is 10.0. The third-order valence-electron chi connectivity index (χ3n) is 6.41. The van der Waals surface area contributed by atoms with Crippen molar-refractivity contribution in [1.29, 1.82) is 0 Å². The summed E-state index contributed by atoms with van der Waals surface area (Å²) in [6, 6.07) is 8.10. The number of nitrogens with zero attached hydrogens (tertiary/aromatic N) is 5. The summed E-state index contributed by atoms with van der Waals surface area (Å²) in [5.74, 6) is -0.986. The number of halogens is 3. The van der Waals surface area contributed by atoms with Crippen molar-refractivity contribution >= 4 is 39.1 Å². The number of benzene rings is 1. The molecule has 0 bridgehead atoms. The highest BCUT2D eigenvalue weighted by Crippen LogP contribution is 2.44. The van der Waals surface area contributed by atoms with Gasteiger partial charge in [0, 0.05) is 29.9 Å². The molecule has 3 N–H and O–H groups in total. The lowest BCUT2D eigenvalue weighted by molar-refractivity contribution is -0.140. The van der Waals surface area contributed by atoms with E-state index in [4.69, 9.17) is 10.5 Å². The molecule has 4 heterocycles. The third kappa shape index (κ3) is 5.70. The van der Waals surface area contributed by atoms with Gasteiger partial charge in [-0.2, -0.15) is 23.4 Å². The van der Waals surface area contributed by atoms with Crippen LogP contribution < -0.4 is 15.8 Å². The number of amides is 2. The van der Waals surface area contributed by atoms with E-state index in [1.54, 1.807) is 24.0 Å². The Morgan fingerprint density at radius 3 is 2.38 bits per heavy atom. The first kappa shape index (κ1) is 28.8. The summed E-state index contributed by atoms with van der Waals surface area (Å²) in [6.07, 6.45) is -1.61. The summed E-state index contributed by atoms with van der Waals surface area (Å²) in [5.41, 5.74) is 7.43. The zero-order valence-electron chi connectivity index (χ0n) is 23.0. The fourth-order valence-electron chi connectivity index (χ4n) is 4.58. The maximum atomic E-state index is 13.8. The first-order valence-corrected chi connectivity index (χ1v) is 13.6. The fourth-order valence-corrected chi connectivity index (χ4v) is 5.59. The number of hydrogen-bond donors (Lipinski definition) is 2. The van der Waals surface area contributed by atoms with Crippen molar-refractivity contribution < 1.29 is 27.5 Å². The van der Waals surface area contributed by atoms with Gasteiger partial charge in [-0.15, -0.1) is 11.3 Å². The van der Waals surface area contributed by atoms with E-state index >= 15 is 0 Å². The number of fused-ring (bicyclic) bond motifs is 1. The highest BCUT2D eigenvalue weighted by atomic mass is 32.1. The van der Waals surface area contributed by atoms with Crippen LogP contribution in [-0.4, -0.2) is 36.4 Å². The van der Waals surface area contributed by atoms with Crippen LogP contribution in [0.2, 0.25) is 0 Å². The average Bonchev–Trinajstić information content (AvgIpc) is 3.63. The summed E-state index contributed by atoms with van der Waals surface area (Å²) in [6.45, 7) is 7.91. The number of rotatable bonds is 8. The second-order valence-corrected chi connectivity index (χ2v) is 10.7. The standard InChI is InChI=1S/C28H26F3N7O3S/c1-5-37-12-19(16(4)35-37)18-11-21(28(29,30)31)33-27-22(18)23(24(42-27)25(32)39)34-26(40)20-6-7-38(36-20)13-41-17-9-14(2)8-15(3)10-17/h6-12H,5,13H2,1-4H3,(H2,32,39)(H,34,40). The second-order valence-electron chi connectivity index (χ2n) is 9.68. The van der Waals surface area contributed by atoms with Crippen molar-refractivity contribution in [2.45, 2.75) is 47.1 Å². The maximum Gasteiger partial charge on any atom is 0.433 e. The van der Waals surface area contributed by atoms with E-state index in [0.29, 0.717) is 34.9 Å². The second kappa shape index (κ2) is 10.9. The molecule has 0 aliphatic rings. The minimum Gasteiger partial charge on any atom is -0.471 e. The van der Waals surface area contributed by atoms with Crippen LogP contribution in [0.1, 0.15) is 49.6 Å². The molecule has 5 rings (SSSR count). The summed E-state index contributed by atoms with van der Waals surface area (Å²) < 4.78 is 50.3. The molecule has 218 valence electrons. The van der Waals surface area contributed by atoms with Crippen LogP contribution in [0.15, 0.2) is 42.7 Å². The SMILES string of the molecule is CCn1cc(-c2cc(C(F)(F)F)nc3sc(C(N)=O)c(NC(=O)c4ccn(COc5cc(C)cc(C)c5)n4)c23)c(C)n1. The third-order valence-corrected chi connectivity index (χ3v) is 7.51. The molecule has 1 aromatic carbocycles. The van der Waals surface area contributed by atoms with Gasteiger partial charge in [0.2, 0.25) is 0 Å². The minimum atomic E-state index is -4.76. The van der Waals surface area contributed by atoms with Gasteiger partial charge in [-0.1, -0.05) is 6.07 Å². The number of carbonyl (C=O) groups is 2. The lowest BCUT2D eigenvalue weighted by Crippen LogP contribution is -2.18. The number of anilines is 1. The summed E-state index contributed by atoms with van der Waals surface area (Å²) in [4.78, 5) is 29.2. The molecule has 0 atom stereocenters. The number of aryl methyl sites for hydroxylation is 4. The fraction of sp³-hybridized carbons (Fsp3) is 0.250. The van der Waals surface area contributed by atoms with E-state index in [1.807, 2.05) is 39.0 Å². The summed E-state index contributed by atoms with van der Waals surface area (Å²) >= 11 is 0.667. The van der Waals surface area contributed by atoms with Crippen LogP contribution in [0.3, 0.4) is 0 Å². The molecule has 0 aliphatic carbocycles. The highest BCUT2D eigenvalue weighted by molar-refractivity contribution is 7.21.